The highest BCUT2D eigenvalue weighted by Crippen LogP contribution is 2.20. The first-order valence-corrected chi connectivity index (χ1v) is 6.39. The van der Waals surface area contributed by atoms with Crippen LogP contribution >= 0.6 is 0 Å². The smallest absolute Gasteiger partial charge is 0.248 e. The van der Waals surface area contributed by atoms with Gasteiger partial charge in [0.25, 0.3) is 0 Å². The van der Waals surface area contributed by atoms with Crippen molar-refractivity contribution in [2.75, 3.05) is 20.2 Å². The van der Waals surface area contributed by atoms with E-state index in [0.717, 1.165) is 0 Å². The Morgan fingerprint density at radius 1 is 1.44 bits per heavy atom. The van der Waals surface area contributed by atoms with Crippen LogP contribution in [0.15, 0.2) is 0 Å². The van der Waals surface area contributed by atoms with Gasteiger partial charge in [-0.05, 0) is 27.2 Å². The molecule has 5 nitrogen and oxygen atoms in total. The lowest BCUT2D eigenvalue weighted by Gasteiger charge is -2.35. The van der Waals surface area contributed by atoms with Crippen molar-refractivity contribution in [1.82, 2.24) is 10.2 Å². The van der Waals surface area contributed by atoms with E-state index in [4.69, 9.17) is 4.74 Å². The van der Waals surface area contributed by atoms with Crippen LogP contribution in [0.4, 0.5) is 0 Å². The summed E-state index contributed by atoms with van der Waals surface area (Å²) in [6.45, 7) is 8.50. The van der Waals surface area contributed by atoms with Gasteiger partial charge in [-0.2, -0.15) is 0 Å². The standard InChI is InChI=1S/C13H24N2O3/c1-6-13(4)11(17)15(8-7-10(16)14-13)9-12(2,3)18-5/h6-9H2,1-5H3,(H,14,16). The first-order valence-electron chi connectivity index (χ1n) is 6.39. The number of nitrogens with one attached hydrogen (secondary N) is 1. The number of amides is 2. The minimum absolute atomic E-state index is 0.0269. The summed E-state index contributed by atoms with van der Waals surface area (Å²) in [4.78, 5) is 25.9. The van der Waals surface area contributed by atoms with Crippen LogP contribution in [-0.4, -0.2) is 48.1 Å². The van der Waals surface area contributed by atoms with E-state index < -0.39 is 11.1 Å². The fourth-order valence-corrected chi connectivity index (χ4v) is 2.03. The molecular formula is C13H24N2O3. The van der Waals surface area contributed by atoms with Crippen LogP contribution in [0.1, 0.15) is 40.5 Å². The molecule has 0 aliphatic carbocycles. The monoisotopic (exact) mass is 256 g/mol. The summed E-state index contributed by atoms with van der Waals surface area (Å²) in [7, 11) is 1.63. The van der Waals surface area contributed by atoms with Gasteiger partial charge in [0.2, 0.25) is 11.8 Å². The third kappa shape index (κ3) is 3.22. The molecule has 0 saturated carbocycles. The molecule has 0 aromatic heterocycles. The predicted octanol–water partition coefficient (Wildman–Crippen LogP) is 0.929. The maximum absolute atomic E-state index is 12.5. The second-order valence-electron chi connectivity index (χ2n) is 5.67. The van der Waals surface area contributed by atoms with Gasteiger partial charge in [-0.1, -0.05) is 6.92 Å². The summed E-state index contributed by atoms with van der Waals surface area (Å²) in [5, 5.41) is 2.82. The lowest BCUT2D eigenvalue weighted by atomic mass is 9.96. The predicted molar refractivity (Wildman–Crippen MR) is 69.1 cm³/mol. The topological polar surface area (TPSA) is 58.6 Å². The third-order valence-corrected chi connectivity index (χ3v) is 3.61. The maximum atomic E-state index is 12.5. The SMILES string of the molecule is CCC1(C)NC(=O)CCN(CC(C)(C)OC)C1=O. The summed E-state index contributed by atoms with van der Waals surface area (Å²) in [5.74, 6) is -0.0913. The Morgan fingerprint density at radius 2 is 2.06 bits per heavy atom. The molecule has 5 heteroatoms. The number of hydrogen-bond acceptors (Lipinski definition) is 3. The Morgan fingerprint density at radius 3 is 2.56 bits per heavy atom. The van der Waals surface area contributed by atoms with Crippen molar-refractivity contribution in [2.45, 2.75) is 51.7 Å². The van der Waals surface area contributed by atoms with Gasteiger partial charge in [-0.3, -0.25) is 9.59 Å². The lowest BCUT2D eigenvalue weighted by Crippen LogP contribution is -2.56. The summed E-state index contributed by atoms with van der Waals surface area (Å²) in [5.41, 5.74) is -1.20. The highest BCUT2D eigenvalue weighted by Gasteiger charge is 2.40. The fourth-order valence-electron chi connectivity index (χ4n) is 2.03. The van der Waals surface area contributed by atoms with Gasteiger partial charge >= 0.3 is 0 Å². The van der Waals surface area contributed by atoms with E-state index >= 15 is 0 Å². The number of nitrogens with zero attached hydrogens (tertiary/aromatic N) is 1. The van der Waals surface area contributed by atoms with Crippen molar-refractivity contribution >= 4 is 11.8 Å². The number of rotatable bonds is 4. The maximum Gasteiger partial charge on any atom is 0.248 e. The minimum atomic E-state index is -0.794. The van der Waals surface area contributed by atoms with E-state index in [2.05, 4.69) is 5.32 Å². The third-order valence-electron chi connectivity index (χ3n) is 3.61. The van der Waals surface area contributed by atoms with Crippen molar-refractivity contribution in [3.63, 3.8) is 0 Å². The second-order valence-corrected chi connectivity index (χ2v) is 5.67. The van der Waals surface area contributed by atoms with Gasteiger partial charge in [0.05, 0.1) is 5.60 Å². The van der Waals surface area contributed by atoms with Crippen LogP contribution in [0.2, 0.25) is 0 Å². The molecule has 1 unspecified atom stereocenters. The summed E-state index contributed by atoms with van der Waals surface area (Å²) < 4.78 is 5.36. The molecule has 1 rings (SSSR count). The zero-order chi connectivity index (χ0) is 14.0. The zero-order valence-electron chi connectivity index (χ0n) is 12.0. The molecular weight excluding hydrogens is 232 g/mol. The van der Waals surface area contributed by atoms with Crippen LogP contribution in [0, 0.1) is 0 Å². The molecule has 1 aliphatic rings. The molecule has 0 bridgehead atoms. The Bertz CT molecular complexity index is 341. The van der Waals surface area contributed by atoms with Crippen molar-refractivity contribution in [3.8, 4) is 0 Å². The summed E-state index contributed by atoms with van der Waals surface area (Å²) in [6.07, 6.45) is 0.933. The zero-order valence-corrected chi connectivity index (χ0v) is 12.0. The Kier molecular flexibility index (Phi) is 4.37. The van der Waals surface area contributed by atoms with Crippen LogP contribution < -0.4 is 5.32 Å². The molecule has 0 spiro atoms. The van der Waals surface area contributed by atoms with Gasteiger partial charge in [-0.25, -0.2) is 0 Å². The fraction of sp³-hybridized carbons (Fsp3) is 0.846. The number of methoxy groups -OCH3 is 1. The Labute approximate surface area is 109 Å². The van der Waals surface area contributed by atoms with Crippen LogP contribution in [-0.2, 0) is 14.3 Å². The molecule has 1 atom stereocenters. The average Bonchev–Trinajstić information content (AvgIpc) is 2.41. The van der Waals surface area contributed by atoms with Gasteiger partial charge < -0.3 is 15.0 Å². The second kappa shape index (κ2) is 5.26. The van der Waals surface area contributed by atoms with E-state index in [1.54, 1.807) is 18.9 Å². The van der Waals surface area contributed by atoms with Crippen molar-refractivity contribution in [3.05, 3.63) is 0 Å². The molecule has 0 aromatic carbocycles. The Hall–Kier alpha value is -1.10. The first-order chi connectivity index (χ1) is 8.24. The van der Waals surface area contributed by atoms with Gasteiger partial charge in [0.1, 0.15) is 5.54 Å². The molecule has 0 radical (unpaired) electrons. The minimum Gasteiger partial charge on any atom is -0.377 e. The molecule has 1 saturated heterocycles. The molecule has 104 valence electrons. The number of hydrogen-bond donors (Lipinski definition) is 1. The molecule has 1 heterocycles. The number of ether oxygens (including phenoxy) is 1. The highest BCUT2D eigenvalue weighted by atomic mass is 16.5. The van der Waals surface area contributed by atoms with Crippen molar-refractivity contribution in [1.29, 1.82) is 0 Å². The van der Waals surface area contributed by atoms with E-state index in [0.29, 0.717) is 25.9 Å². The summed E-state index contributed by atoms with van der Waals surface area (Å²) >= 11 is 0. The van der Waals surface area contributed by atoms with E-state index in [1.807, 2.05) is 20.8 Å². The van der Waals surface area contributed by atoms with Gasteiger partial charge in [0, 0.05) is 26.6 Å². The highest BCUT2D eigenvalue weighted by molar-refractivity contribution is 5.93. The largest absolute Gasteiger partial charge is 0.377 e. The molecule has 1 N–H and O–H groups in total. The molecule has 2 amide bonds. The Balaban J connectivity index is 2.91. The van der Waals surface area contributed by atoms with Crippen LogP contribution in [0.3, 0.4) is 0 Å². The molecule has 1 aliphatic heterocycles. The summed E-state index contributed by atoms with van der Waals surface area (Å²) in [6, 6.07) is 0. The van der Waals surface area contributed by atoms with Gasteiger partial charge in [0.15, 0.2) is 0 Å². The van der Waals surface area contributed by atoms with Crippen LogP contribution in [0.25, 0.3) is 0 Å². The average molecular weight is 256 g/mol. The number of carbonyl (C=O) groups excluding carboxylic acids is 2. The molecule has 18 heavy (non-hydrogen) atoms. The van der Waals surface area contributed by atoms with E-state index in [9.17, 15) is 9.59 Å². The quantitative estimate of drug-likeness (QED) is 0.814. The van der Waals surface area contributed by atoms with Gasteiger partial charge in [-0.15, -0.1) is 0 Å². The van der Waals surface area contributed by atoms with Crippen molar-refractivity contribution in [2.24, 2.45) is 0 Å². The van der Waals surface area contributed by atoms with E-state index in [-0.39, 0.29) is 11.8 Å². The molecule has 1 fully saturated rings. The lowest BCUT2D eigenvalue weighted by molar-refractivity contribution is -0.141. The normalized spacial score (nSPS) is 25.9. The first kappa shape index (κ1) is 15.0. The van der Waals surface area contributed by atoms with Crippen LogP contribution in [0.5, 0.6) is 0 Å². The number of carbonyl (C=O) groups is 2. The molecule has 0 aromatic rings. The van der Waals surface area contributed by atoms with E-state index in [1.165, 1.54) is 0 Å². The van der Waals surface area contributed by atoms with Crippen molar-refractivity contribution < 1.29 is 14.3 Å².